The predicted octanol–water partition coefficient (Wildman–Crippen LogP) is 6.05. The predicted molar refractivity (Wildman–Crippen MR) is 112 cm³/mol. The smallest absolute Gasteiger partial charge is 0.222 e. The van der Waals surface area contributed by atoms with Crippen molar-refractivity contribution in [3.05, 3.63) is 0 Å². The third-order valence-electron chi connectivity index (χ3n) is 3.43. The van der Waals surface area contributed by atoms with Crippen LogP contribution in [0.1, 0.15) is 93.4 Å². The van der Waals surface area contributed by atoms with Crippen LogP contribution in [0.2, 0.25) is 0 Å². The van der Waals surface area contributed by atoms with Crippen molar-refractivity contribution in [3.8, 4) is 0 Å². The first kappa shape index (κ1) is 40.3. The Morgan fingerprint density at radius 1 is 0.643 bits per heavy atom. The maximum atomic E-state index is 8.35. The molecular weight excluding hydrogens is 360 g/mol. The molecule has 164 valence electrons. The molecule has 0 rings (SSSR count). The minimum atomic E-state index is 0.509. The van der Waals surface area contributed by atoms with Crippen LogP contribution in [0.3, 0.4) is 0 Å². The minimum absolute atomic E-state index is 0.509. The zero-order valence-electron chi connectivity index (χ0n) is 18.7. The van der Waals surface area contributed by atoms with E-state index in [4.69, 9.17) is 40.8 Å². The van der Waals surface area contributed by atoms with Crippen LogP contribution in [-0.2, 0) is 19.2 Å². The molecule has 0 bridgehead atoms. The lowest BCUT2D eigenvalue weighted by Gasteiger charge is -2.26. The molecule has 0 heterocycles. The first-order valence-electron chi connectivity index (χ1n) is 9.21. The molecule has 0 aromatic heterocycles. The number of hydrogen-bond acceptors (Lipinski definition) is 8. The molecule has 28 heavy (non-hydrogen) atoms. The molecule has 0 saturated heterocycles. The van der Waals surface area contributed by atoms with Gasteiger partial charge in [-0.3, -0.25) is 0 Å². The van der Waals surface area contributed by atoms with Gasteiger partial charge in [0.05, 0.1) is 0 Å². The molecule has 0 aliphatic heterocycles. The summed E-state index contributed by atoms with van der Waals surface area (Å²) in [5.74, 6) is 0.868. The van der Waals surface area contributed by atoms with Gasteiger partial charge in [0.2, 0.25) is 24.3 Å². The summed E-state index contributed by atoms with van der Waals surface area (Å²) in [6, 6.07) is 0. The second kappa shape index (κ2) is 44.2. The monoisotopic (exact) mass is 400 g/mol. The lowest BCUT2D eigenvalue weighted by molar-refractivity contribution is 0.242. The average molecular weight is 401 g/mol. The molecular formula is C20H40N4O4. The number of nitrogens with one attached hydrogen (secondary N) is 4. The van der Waals surface area contributed by atoms with Gasteiger partial charge >= 0.3 is 0 Å². The van der Waals surface area contributed by atoms with Gasteiger partial charge in [-0.2, -0.15) is 0 Å². The zero-order chi connectivity index (χ0) is 23.9. The Morgan fingerprint density at radius 2 is 0.857 bits per heavy atom. The molecule has 0 saturated carbocycles. The molecule has 0 aromatic rings. The number of hydrogen-bond donors (Lipinski definition) is 4. The van der Waals surface area contributed by atoms with E-state index < -0.39 is 0 Å². The SMILES string of the molecule is CCCCC(C)C(C)(C)C.CCCCCC.N=C=O.N=C=O.N=C=O.N=C=O. The quantitative estimate of drug-likeness (QED) is 0.242. The molecule has 4 N–H and O–H groups in total. The molecule has 0 aliphatic rings. The standard InChI is InChI=1S/C10H22.C6H14.4CHNO/c1-6-7-8-9(2)10(3,4)5;1-3-5-6-4-2;4*2-1-3/h9H,6-8H2,1-5H3;3-6H2,1-2H3;4*2H. The van der Waals surface area contributed by atoms with E-state index in [0.717, 1.165) is 30.2 Å². The first-order valence-corrected chi connectivity index (χ1v) is 9.21. The Bertz CT molecular complexity index is 356. The van der Waals surface area contributed by atoms with E-state index in [0.29, 0.717) is 5.41 Å². The molecule has 0 amide bonds. The van der Waals surface area contributed by atoms with Crippen molar-refractivity contribution >= 4 is 24.3 Å². The molecule has 8 nitrogen and oxygen atoms in total. The van der Waals surface area contributed by atoms with E-state index in [-0.39, 0.29) is 0 Å². The molecule has 1 atom stereocenters. The molecule has 0 aliphatic carbocycles. The lowest BCUT2D eigenvalue weighted by Crippen LogP contribution is -2.16. The highest BCUT2D eigenvalue weighted by Gasteiger charge is 2.18. The van der Waals surface area contributed by atoms with Crippen LogP contribution in [0.15, 0.2) is 0 Å². The third-order valence-corrected chi connectivity index (χ3v) is 3.43. The summed E-state index contributed by atoms with van der Waals surface area (Å²) in [4.78, 5) is 33.4. The average Bonchev–Trinajstić information content (AvgIpc) is 2.60. The number of isocyanates is 4. The van der Waals surface area contributed by atoms with Crippen LogP contribution in [0.5, 0.6) is 0 Å². The summed E-state index contributed by atoms with van der Waals surface area (Å²) < 4.78 is 0. The Kier molecular flexibility index (Phi) is 63.6. The van der Waals surface area contributed by atoms with Gasteiger partial charge in [0.1, 0.15) is 0 Å². The molecule has 0 fully saturated rings. The van der Waals surface area contributed by atoms with Crippen molar-refractivity contribution < 1.29 is 19.2 Å². The summed E-state index contributed by atoms with van der Waals surface area (Å²) in [5, 5.41) is 21.6. The molecule has 1 unspecified atom stereocenters. The van der Waals surface area contributed by atoms with Crippen LogP contribution in [-0.4, -0.2) is 24.3 Å². The van der Waals surface area contributed by atoms with Gasteiger partial charge < -0.3 is 0 Å². The molecule has 0 radical (unpaired) electrons. The van der Waals surface area contributed by atoms with Crippen LogP contribution < -0.4 is 0 Å². The normalized spacial score (nSPS) is 8.54. The van der Waals surface area contributed by atoms with Crippen LogP contribution in [0, 0.1) is 33.0 Å². The van der Waals surface area contributed by atoms with Crippen molar-refractivity contribution in [1.82, 2.24) is 0 Å². The second-order valence-electron chi connectivity index (χ2n) is 6.52. The summed E-state index contributed by atoms with van der Waals surface area (Å²) in [7, 11) is 0. The van der Waals surface area contributed by atoms with Gasteiger partial charge in [-0.05, 0) is 11.3 Å². The number of unbranched alkanes of at least 4 members (excludes halogenated alkanes) is 4. The van der Waals surface area contributed by atoms with E-state index in [2.05, 4.69) is 48.5 Å². The van der Waals surface area contributed by atoms with Crippen LogP contribution in [0.4, 0.5) is 0 Å². The number of carbonyl (C=O) groups excluding carboxylic acids is 4. The maximum Gasteiger partial charge on any atom is 0.231 e. The molecule has 8 heteroatoms. The first-order chi connectivity index (χ1) is 13.1. The number of rotatable bonds is 6. The van der Waals surface area contributed by atoms with E-state index >= 15 is 0 Å². The van der Waals surface area contributed by atoms with Gasteiger partial charge in [0.25, 0.3) is 0 Å². The molecule has 0 spiro atoms. The van der Waals surface area contributed by atoms with E-state index in [9.17, 15) is 0 Å². The van der Waals surface area contributed by atoms with Crippen molar-refractivity contribution in [2.24, 2.45) is 11.3 Å². The Hall–Kier alpha value is -2.48. The summed E-state index contributed by atoms with van der Waals surface area (Å²) >= 11 is 0. The van der Waals surface area contributed by atoms with E-state index in [1.54, 1.807) is 0 Å². The van der Waals surface area contributed by atoms with Gasteiger partial charge in [-0.25, -0.2) is 40.8 Å². The maximum absolute atomic E-state index is 8.35. The third kappa shape index (κ3) is 108. The zero-order valence-corrected chi connectivity index (χ0v) is 18.7. The highest BCUT2D eigenvalue weighted by Crippen LogP contribution is 2.29. The Balaban J connectivity index is -0.0000000576. The minimum Gasteiger partial charge on any atom is -0.222 e. The van der Waals surface area contributed by atoms with Gasteiger partial charge in [-0.1, -0.05) is 93.4 Å². The Labute approximate surface area is 170 Å². The molecule has 0 aromatic carbocycles. The van der Waals surface area contributed by atoms with Crippen LogP contribution in [0.25, 0.3) is 0 Å². The van der Waals surface area contributed by atoms with Gasteiger partial charge in [0, 0.05) is 0 Å². The lowest BCUT2D eigenvalue weighted by atomic mass is 9.79. The van der Waals surface area contributed by atoms with Crippen molar-refractivity contribution in [3.63, 3.8) is 0 Å². The van der Waals surface area contributed by atoms with E-state index in [1.165, 1.54) is 44.9 Å². The topological polar surface area (TPSA) is 164 Å². The van der Waals surface area contributed by atoms with Crippen LogP contribution >= 0.6 is 0 Å². The van der Waals surface area contributed by atoms with E-state index in [1.807, 2.05) is 0 Å². The van der Waals surface area contributed by atoms with Crippen molar-refractivity contribution in [1.29, 1.82) is 21.6 Å². The second-order valence-corrected chi connectivity index (χ2v) is 6.52. The highest BCUT2D eigenvalue weighted by molar-refractivity contribution is 5.26. The Morgan fingerprint density at radius 3 is 1.00 bits per heavy atom. The van der Waals surface area contributed by atoms with Crippen molar-refractivity contribution in [2.45, 2.75) is 93.4 Å². The summed E-state index contributed by atoms with van der Waals surface area (Å²) in [6.07, 6.45) is 12.6. The fraction of sp³-hybridized carbons (Fsp3) is 0.800. The fourth-order valence-electron chi connectivity index (χ4n) is 1.44. The highest BCUT2D eigenvalue weighted by atomic mass is 16.1. The fourth-order valence-corrected chi connectivity index (χ4v) is 1.44. The van der Waals surface area contributed by atoms with Gasteiger partial charge in [-0.15, -0.1) is 0 Å². The summed E-state index contributed by atoms with van der Waals surface area (Å²) in [6.45, 7) is 16.1. The van der Waals surface area contributed by atoms with Crippen molar-refractivity contribution in [2.75, 3.05) is 0 Å². The van der Waals surface area contributed by atoms with Gasteiger partial charge in [0.15, 0.2) is 0 Å². The largest absolute Gasteiger partial charge is 0.231 e. The summed E-state index contributed by atoms with van der Waals surface area (Å²) in [5.41, 5.74) is 0.509.